The highest BCUT2D eigenvalue weighted by Gasteiger charge is 2.25. The van der Waals surface area contributed by atoms with Gasteiger partial charge in [0.15, 0.2) is 0 Å². The van der Waals surface area contributed by atoms with Crippen LogP contribution in [0.4, 0.5) is 8.78 Å². The summed E-state index contributed by atoms with van der Waals surface area (Å²) in [5.74, 6) is -2.81. The number of nitrogens with one attached hydrogen (secondary N) is 3. The van der Waals surface area contributed by atoms with Crippen LogP contribution in [0.1, 0.15) is 31.7 Å². The van der Waals surface area contributed by atoms with E-state index in [2.05, 4.69) is 16.0 Å². The normalized spacial score (nSPS) is 18.7. The molecule has 136 valence electrons. The topological polar surface area (TPSA) is 87.3 Å². The van der Waals surface area contributed by atoms with Crippen LogP contribution in [-0.2, 0) is 20.8 Å². The molecule has 1 heterocycles. The molecule has 1 aromatic carbocycles. The first kappa shape index (κ1) is 18.8. The lowest BCUT2D eigenvalue weighted by atomic mass is 10.1. The van der Waals surface area contributed by atoms with Gasteiger partial charge in [0.05, 0.1) is 6.42 Å². The van der Waals surface area contributed by atoms with Crippen molar-refractivity contribution in [1.29, 1.82) is 0 Å². The summed E-state index contributed by atoms with van der Waals surface area (Å²) >= 11 is 0. The molecule has 1 fully saturated rings. The van der Waals surface area contributed by atoms with Gasteiger partial charge in [0.1, 0.15) is 23.7 Å². The summed E-state index contributed by atoms with van der Waals surface area (Å²) < 4.78 is 26.3. The number of hydrogen-bond acceptors (Lipinski definition) is 3. The van der Waals surface area contributed by atoms with Crippen molar-refractivity contribution in [2.75, 3.05) is 6.54 Å². The molecule has 25 heavy (non-hydrogen) atoms. The van der Waals surface area contributed by atoms with Crippen LogP contribution in [0.15, 0.2) is 18.2 Å². The smallest absolute Gasteiger partial charge is 0.242 e. The van der Waals surface area contributed by atoms with Gasteiger partial charge < -0.3 is 16.0 Å². The van der Waals surface area contributed by atoms with Crippen molar-refractivity contribution in [2.24, 2.45) is 0 Å². The molecule has 0 unspecified atom stereocenters. The Morgan fingerprint density at radius 2 is 1.92 bits per heavy atom. The molecule has 6 nitrogen and oxygen atoms in total. The van der Waals surface area contributed by atoms with Crippen molar-refractivity contribution in [1.82, 2.24) is 16.0 Å². The number of amides is 3. The standard InChI is InChI=1S/C17H21F2N3O3/c1-10(16(24)22-14-4-2-3-5-20-17(14)25)21-15(23)8-11-6-12(18)9-13(19)7-11/h6-7,9-10,14H,2-5,8H2,1H3,(H,20,25)(H,21,23)(H,22,24)/t10-,14-/m0/s1. The molecule has 8 heteroatoms. The van der Waals surface area contributed by atoms with E-state index in [0.717, 1.165) is 31.0 Å². The highest BCUT2D eigenvalue weighted by atomic mass is 19.1. The van der Waals surface area contributed by atoms with E-state index in [9.17, 15) is 23.2 Å². The van der Waals surface area contributed by atoms with Gasteiger partial charge in [-0.1, -0.05) is 0 Å². The molecular formula is C17H21F2N3O3. The molecule has 1 aliphatic rings. The number of carbonyl (C=O) groups is 3. The van der Waals surface area contributed by atoms with Gasteiger partial charge in [-0.2, -0.15) is 0 Å². The average Bonchev–Trinajstić information content (AvgIpc) is 2.71. The Labute approximate surface area is 144 Å². The lowest BCUT2D eigenvalue weighted by Gasteiger charge is -2.19. The van der Waals surface area contributed by atoms with Gasteiger partial charge in [-0.05, 0) is 43.9 Å². The van der Waals surface area contributed by atoms with Crippen LogP contribution in [0.2, 0.25) is 0 Å². The summed E-state index contributed by atoms with van der Waals surface area (Å²) in [5.41, 5.74) is 0.172. The Balaban J connectivity index is 1.87. The van der Waals surface area contributed by atoms with Crippen molar-refractivity contribution in [3.05, 3.63) is 35.4 Å². The van der Waals surface area contributed by atoms with Crippen molar-refractivity contribution < 1.29 is 23.2 Å². The lowest BCUT2D eigenvalue weighted by molar-refractivity contribution is -0.131. The highest BCUT2D eigenvalue weighted by Crippen LogP contribution is 2.09. The Kier molecular flexibility index (Phi) is 6.44. The molecule has 1 saturated heterocycles. The average molecular weight is 353 g/mol. The Morgan fingerprint density at radius 1 is 1.24 bits per heavy atom. The molecule has 2 atom stereocenters. The number of benzene rings is 1. The Hall–Kier alpha value is -2.51. The fraction of sp³-hybridized carbons (Fsp3) is 0.471. The number of hydrogen-bond donors (Lipinski definition) is 3. The molecular weight excluding hydrogens is 332 g/mol. The number of carbonyl (C=O) groups excluding carboxylic acids is 3. The molecule has 0 bridgehead atoms. The van der Waals surface area contributed by atoms with Crippen LogP contribution in [0, 0.1) is 11.6 Å². The summed E-state index contributed by atoms with van der Waals surface area (Å²) in [6, 6.07) is 1.34. The predicted molar refractivity (Wildman–Crippen MR) is 86.5 cm³/mol. The first-order valence-corrected chi connectivity index (χ1v) is 8.17. The molecule has 3 N–H and O–H groups in total. The van der Waals surface area contributed by atoms with E-state index in [1.807, 2.05) is 0 Å². The molecule has 0 aromatic heterocycles. The van der Waals surface area contributed by atoms with Crippen LogP contribution in [0.25, 0.3) is 0 Å². The summed E-state index contributed by atoms with van der Waals surface area (Å²) in [6.07, 6.45) is 1.96. The first-order chi connectivity index (χ1) is 11.8. The van der Waals surface area contributed by atoms with Crippen LogP contribution in [-0.4, -0.2) is 36.3 Å². The number of halogens is 2. The zero-order valence-electron chi connectivity index (χ0n) is 13.9. The van der Waals surface area contributed by atoms with Gasteiger partial charge in [-0.15, -0.1) is 0 Å². The third-order valence-corrected chi connectivity index (χ3v) is 3.91. The van der Waals surface area contributed by atoms with E-state index >= 15 is 0 Å². The first-order valence-electron chi connectivity index (χ1n) is 8.17. The second-order valence-electron chi connectivity index (χ2n) is 6.09. The monoisotopic (exact) mass is 353 g/mol. The minimum atomic E-state index is -0.873. The molecule has 0 radical (unpaired) electrons. The molecule has 0 saturated carbocycles. The van der Waals surface area contributed by atoms with Crippen LogP contribution in [0.3, 0.4) is 0 Å². The van der Waals surface area contributed by atoms with Crippen LogP contribution >= 0.6 is 0 Å². The van der Waals surface area contributed by atoms with E-state index in [1.165, 1.54) is 6.92 Å². The van der Waals surface area contributed by atoms with E-state index in [4.69, 9.17) is 0 Å². The van der Waals surface area contributed by atoms with Gasteiger partial charge >= 0.3 is 0 Å². The van der Waals surface area contributed by atoms with E-state index in [-0.39, 0.29) is 17.9 Å². The third-order valence-electron chi connectivity index (χ3n) is 3.91. The highest BCUT2D eigenvalue weighted by molar-refractivity contribution is 5.92. The second-order valence-corrected chi connectivity index (χ2v) is 6.09. The molecule has 1 aromatic rings. The third kappa shape index (κ3) is 5.81. The summed E-state index contributed by atoms with van der Waals surface area (Å²) in [5, 5.41) is 7.78. The van der Waals surface area contributed by atoms with Gasteiger partial charge in [0.25, 0.3) is 0 Å². The van der Waals surface area contributed by atoms with Gasteiger partial charge in [-0.25, -0.2) is 8.78 Å². The quantitative estimate of drug-likeness (QED) is 0.732. The fourth-order valence-corrected chi connectivity index (χ4v) is 2.63. The molecule has 1 aliphatic heterocycles. The second kappa shape index (κ2) is 8.55. The minimum absolute atomic E-state index is 0.172. The SMILES string of the molecule is C[C@H](NC(=O)Cc1cc(F)cc(F)c1)C(=O)N[C@H]1CCCCNC1=O. The fourth-order valence-electron chi connectivity index (χ4n) is 2.63. The van der Waals surface area contributed by atoms with Gasteiger partial charge in [-0.3, -0.25) is 14.4 Å². The maximum atomic E-state index is 13.1. The van der Waals surface area contributed by atoms with Crippen LogP contribution < -0.4 is 16.0 Å². The van der Waals surface area contributed by atoms with Crippen molar-refractivity contribution in [3.63, 3.8) is 0 Å². The lowest BCUT2D eigenvalue weighted by Crippen LogP contribution is -2.52. The maximum Gasteiger partial charge on any atom is 0.242 e. The maximum absolute atomic E-state index is 13.1. The van der Waals surface area contributed by atoms with Crippen molar-refractivity contribution in [3.8, 4) is 0 Å². The Morgan fingerprint density at radius 3 is 2.60 bits per heavy atom. The van der Waals surface area contributed by atoms with E-state index in [0.29, 0.717) is 13.0 Å². The molecule has 2 rings (SSSR count). The molecule has 3 amide bonds. The van der Waals surface area contributed by atoms with Crippen molar-refractivity contribution in [2.45, 2.75) is 44.7 Å². The molecule has 0 aliphatic carbocycles. The molecule has 0 spiro atoms. The summed E-state index contributed by atoms with van der Waals surface area (Å²) in [4.78, 5) is 35.9. The largest absolute Gasteiger partial charge is 0.354 e. The predicted octanol–water partition coefficient (Wildman–Crippen LogP) is 0.797. The summed E-state index contributed by atoms with van der Waals surface area (Å²) in [6.45, 7) is 2.07. The minimum Gasteiger partial charge on any atom is -0.354 e. The number of rotatable bonds is 5. The van der Waals surface area contributed by atoms with E-state index < -0.39 is 35.5 Å². The zero-order valence-corrected chi connectivity index (χ0v) is 13.9. The summed E-state index contributed by atoms with van der Waals surface area (Å²) in [7, 11) is 0. The van der Waals surface area contributed by atoms with Gasteiger partial charge in [0, 0.05) is 12.6 Å². The Bertz CT molecular complexity index is 646. The zero-order chi connectivity index (χ0) is 18.4. The van der Waals surface area contributed by atoms with Crippen LogP contribution in [0.5, 0.6) is 0 Å². The van der Waals surface area contributed by atoms with E-state index in [1.54, 1.807) is 0 Å². The van der Waals surface area contributed by atoms with Crippen molar-refractivity contribution >= 4 is 17.7 Å². The van der Waals surface area contributed by atoms with Gasteiger partial charge in [0.2, 0.25) is 17.7 Å².